The van der Waals surface area contributed by atoms with E-state index < -0.39 is 11.4 Å². The first-order chi connectivity index (χ1) is 15.9. The predicted molar refractivity (Wildman–Crippen MR) is 125 cm³/mol. The second-order valence-corrected chi connectivity index (χ2v) is 9.31. The van der Waals surface area contributed by atoms with Crippen molar-refractivity contribution in [2.45, 2.75) is 44.4 Å². The van der Waals surface area contributed by atoms with Gasteiger partial charge in [-0.25, -0.2) is 0 Å². The highest BCUT2D eigenvalue weighted by Gasteiger charge is 2.51. The van der Waals surface area contributed by atoms with E-state index in [1.54, 1.807) is 30.9 Å². The molecule has 33 heavy (non-hydrogen) atoms. The van der Waals surface area contributed by atoms with Crippen molar-refractivity contribution in [2.24, 2.45) is 5.41 Å². The van der Waals surface area contributed by atoms with Gasteiger partial charge < -0.3 is 15.0 Å². The van der Waals surface area contributed by atoms with Crippen LogP contribution in [0.25, 0.3) is 0 Å². The molecule has 0 aromatic heterocycles. The van der Waals surface area contributed by atoms with Gasteiger partial charge in [0.05, 0.1) is 6.61 Å². The van der Waals surface area contributed by atoms with Crippen molar-refractivity contribution in [3.63, 3.8) is 0 Å². The Bertz CT molecular complexity index is 999. The average Bonchev–Trinajstić information content (AvgIpc) is 2.85. The fourth-order valence-corrected chi connectivity index (χ4v) is 5.47. The summed E-state index contributed by atoms with van der Waals surface area (Å²) in [6.45, 7) is 5.26. The molecule has 2 heterocycles. The molecule has 0 radical (unpaired) electrons. The largest absolute Gasteiger partial charge is 0.465 e. The minimum absolute atomic E-state index is 0.0719. The average molecular weight is 449 g/mol. The zero-order chi connectivity index (χ0) is 23.5. The van der Waals surface area contributed by atoms with Crippen molar-refractivity contribution < 1.29 is 19.1 Å². The molecule has 6 heteroatoms. The van der Waals surface area contributed by atoms with E-state index in [0.717, 1.165) is 12.8 Å². The second-order valence-electron chi connectivity index (χ2n) is 9.31. The Morgan fingerprint density at radius 2 is 1.67 bits per heavy atom. The normalized spacial score (nSPS) is 21.7. The molecule has 0 unspecified atom stereocenters. The molecule has 2 aromatic rings. The van der Waals surface area contributed by atoms with Crippen molar-refractivity contribution in [1.29, 1.82) is 0 Å². The van der Waals surface area contributed by atoms with Crippen molar-refractivity contribution in [3.8, 4) is 0 Å². The number of hydrogen-bond donors (Lipinski definition) is 1. The molecule has 0 aliphatic carbocycles. The summed E-state index contributed by atoms with van der Waals surface area (Å²) >= 11 is 0. The molecule has 2 fully saturated rings. The van der Waals surface area contributed by atoms with Gasteiger partial charge in [0.25, 0.3) is 0 Å². The molecule has 2 aliphatic rings. The van der Waals surface area contributed by atoms with Crippen LogP contribution in [0.1, 0.15) is 50.2 Å². The van der Waals surface area contributed by atoms with Crippen LogP contribution in [0.2, 0.25) is 0 Å². The van der Waals surface area contributed by atoms with Gasteiger partial charge in [-0.05, 0) is 43.2 Å². The van der Waals surface area contributed by atoms with Gasteiger partial charge in [0.2, 0.25) is 11.8 Å². The number of esters is 1. The summed E-state index contributed by atoms with van der Waals surface area (Å²) in [7, 11) is 0. The van der Waals surface area contributed by atoms with Gasteiger partial charge in [0.1, 0.15) is 0 Å². The molecule has 0 bridgehead atoms. The Morgan fingerprint density at radius 1 is 1.06 bits per heavy atom. The zero-order valence-corrected chi connectivity index (χ0v) is 19.4. The number of amides is 2. The molecule has 2 amide bonds. The van der Waals surface area contributed by atoms with Gasteiger partial charge in [0.15, 0.2) is 5.41 Å². The number of piperidine rings is 2. The number of nitrogens with zero attached hydrogens (tertiary/aromatic N) is 1. The molecule has 2 saturated heterocycles. The number of hydrogen-bond acceptors (Lipinski definition) is 4. The van der Waals surface area contributed by atoms with Crippen molar-refractivity contribution in [3.05, 3.63) is 71.8 Å². The van der Waals surface area contributed by atoms with Crippen molar-refractivity contribution in [1.82, 2.24) is 10.2 Å². The van der Waals surface area contributed by atoms with Crippen LogP contribution in [-0.4, -0.2) is 48.9 Å². The van der Waals surface area contributed by atoms with Crippen LogP contribution in [0.4, 0.5) is 0 Å². The molecular weight excluding hydrogens is 416 g/mol. The van der Waals surface area contributed by atoms with E-state index >= 15 is 0 Å². The third kappa shape index (κ3) is 4.26. The number of benzene rings is 2. The number of likely N-dealkylation sites (tertiary alicyclic amines) is 1. The maximum Gasteiger partial charge on any atom is 0.325 e. The Balaban J connectivity index is 1.58. The molecule has 1 N–H and O–H groups in total. The first-order valence-electron chi connectivity index (χ1n) is 11.7. The summed E-state index contributed by atoms with van der Waals surface area (Å²) in [6.07, 6.45) is 1.90. The molecule has 2 atom stereocenters. The molecule has 0 saturated carbocycles. The topological polar surface area (TPSA) is 75.7 Å². The van der Waals surface area contributed by atoms with E-state index in [1.165, 1.54) is 5.56 Å². The van der Waals surface area contributed by atoms with Gasteiger partial charge in [-0.1, -0.05) is 60.7 Å². The van der Waals surface area contributed by atoms with Crippen molar-refractivity contribution >= 4 is 17.8 Å². The Labute approximate surface area is 195 Å². The molecular formula is C27H32N2O4. The number of nitrogens with one attached hydrogen (secondary N) is 1. The summed E-state index contributed by atoms with van der Waals surface area (Å²) in [6, 6.07) is 19.4. The Kier molecular flexibility index (Phi) is 6.54. The predicted octanol–water partition coefficient (Wildman–Crippen LogP) is 3.42. The fourth-order valence-electron chi connectivity index (χ4n) is 5.47. The van der Waals surface area contributed by atoms with Crippen LogP contribution in [0, 0.1) is 5.41 Å². The molecule has 174 valence electrons. The van der Waals surface area contributed by atoms with Gasteiger partial charge in [0, 0.05) is 32.0 Å². The fraction of sp³-hybridized carbons (Fsp3) is 0.444. The van der Waals surface area contributed by atoms with Crippen LogP contribution in [0.15, 0.2) is 60.7 Å². The van der Waals surface area contributed by atoms with E-state index in [2.05, 4.69) is 17.4 Å². The van der Waals surface area contributed by atoms with E-state index in [-0.39, 0.29) is 29.8 Å². The number of carbonyl (C=O) groups is 3. The van der Waals surface area contributed by atoms with Crippen LogP contribution in [0.5, 0.6) is 0 Å². The summed E-state index contributed by atoms with van der Waals surface area (Å²) in [5.74, 6) is -0.485. The quantitative estimate of drug-likeness (QED) is 0.562. The molecule has 2 aromatic carbocycles. The third-order valence-electron chi connectivity index (χ3n) is 7.47. The standard InChI is InChI=1S/C27H32N2O4/c1-3-33-25(32)26(2,21-12-8-5-9-13-21)24(31)29-16-14-27(15-17-29)18-23(30)28-19-22(27)20-10-6-4-7-11-20/h4-13,22H,3,14-19H2,1-2H3,(H,28,30)/t22-,26-/m0/s1. The lowest BCUT2D eigenvalue weighted by Crippen LogP contribution is -2.57. The monoisotopic (exact) mass is 448 g/mol. The summed E-state index contributed by atoms with van der Waals surface area (Å²) in [5, 5.41) is 3.03. The van der Waals surface area contributed by atoms with Crippen LogP contribution >= 0.6 is 0 Å². The van der Waals surface area contributed by atoms with Crippen LogP contribution in [-0.2, 0) is 24.5 Å². The number of rotatable bonds is 5. The van der Waals surface area contributed by atoms with E-state index in [9.17, 15) is 14.4 Å². The van der Waals surface area contributed by atoms with Gasteiger partial charge >= 0.3 is 5.97 Å². The summed E-state index contributed by atoms with van der Waals surface area (Å²) < 4.78 is 5.33. The summed E-state index contributed by atoms with van der Waals surface area (Å²) in [4.78, 5) is 40.9. The molecule has 6 nitrogen and oxygen atoms in total. The Morgan fingerprint density at radius 3 is 2.27 bits per heavy atom. The summed E-state index contributed by atoms with van der Waals surface area (Å²) in [5.41, 5.74) is 0.267. The third-order valence-corrected chi connectivity index (χ3v) is 7.47. The maximum absolute atomic E-state index is 13.8. The van der Waals surface area contributed by atoms with Crippen LogP contribution in [0.3, 0.4) is 0 Å². The first kappa shape index (κ1) is 23.0. The van der Waals surface area contributed by atoms with E-state index in [1.807, 2.05) is 36.4 Å². The molecule has 1 spiro atoms. The smallest absolute Gasteiger partial charge is 0.325 e. The minimum atomic E-state index is -1.40. The highest BCUT2D eigenvalue weighted by atomic mass is 16.5. The van der Waals surface area contributed by atoms with E-state index in [4.69, 9.17) is 4.74 Å². The lowest BCUT2D eigenvalue weighted by molar-refractivity contribution is -0.158. The minimum Gasteiger partial charge on any atom is -0.465 e. The number of carbonyl (C=O) groups excluding carboxylic acids is 3. The maximum atomic E-state index is 13.8. The van der Waals surface area contributed by atoms with Gasteiger partial charge in [-0.2, -0.15) is 0 Å². The Hall–Kier alpha value is -3.15. The van der Waals surface area contributed by atoms with Crippen molar-refractivity contribution in [2.75, 3.05) is 26.2 Å². The van der Waals surface area contributed by atoms with Gasteiger partial charge in [-0.3, -0.25) is 14.4 Å². The SMILES string of the molecule is CCOC(=O)[C@](C)(C(=O)N1CCC2(CC1)CC(=O)NC[C@H]2c1ccccc1)c1ccccc1. The molecule has 2 aliphatic heterocycles. The van der Waals surface area contributed by atoms with E-state index in [0.29, 0.717) is 31.6 Å². The lowest BCUT2D eigenvalue weighted by atomic mass is 9.62. The lowest BCUT2D eigenvalue weighted by Gasteiger charge is -2.49. The highest BCUT2D eigenvalue weighted by Crippen LogP contribution is 2.49. The zero-order valence-electron chi connectivity index (χ0n) is 19.4. The first-order valence-corrected chi connectivity index (χ1v) is 11.7. The van der Waals surface area contributed by atoms with Gasteiger partial charge in [-0.15, -0.1) is 0 Å². The second kappa shape index (κ2) is 9.38. The number of ether oxygens (including phenoxy) is 1. The highest BCUT2D eigenvalue weighted by molar-refractivity contribution is 6.08. The van der Waals surface area contributed by atoms with Crippen LogP contribution < -0.4 is 5.32 Å². The molecule has 4 rings (SSSR count).